The summed E-state index contributed by atoms with van der Waals surface area (Å²) in [5, 5.41) is 0. The predicted molar refractivity (Wildman–Crippen MR) is 99.8 cm³/mol. The van der Waals surface area contributed by atoms with E-state index in [4.69, 9.17) is 12.7 Å². The molecule has 23 heavy (non-hydrogen) atoms. The number of hydrogen-bond acceptors (Lipinski definition) is 4. The Hall–Kier alpha value is 0.988. The summed E-state index contributed by atoms with van der Waals surface area (Å²) in [4.78, 5) is 0. The summed E-state index contributed by atoms with van der Waals surface area (Å²) in [6.07, 6.45) is 0. The van der Waals surface area contributed by atoms with Crippen LogP contribution in [0.25, 0.3) is 0 Å². The van der Waals surface area contributed by atoms with Crippen molar-refractivity contribution in [1.29, 1.82) is 0 Å². The first kappa shape index (κ1) is 24.0. The minimum atomic E-state index is -3.69. The summed E-state index contributed by atoms with van der Waals surface area (Å²) in [6.45, 7) is 18.7. The van der Waals surface area contributed by atoms with E-state index in [1.54, 1.807) is 0 Å². The van der Waals surface area contributed by atoms with Gasteiger partial charge in [-0.3, -0.25) is 0 Å². The Kier molecular flexibility index (Phi) is 12.1. The van der Waals surface area contributed by atoms with Crippen molar-refractivity contribution in [2.45, 2.75) is 91.7 Å². The van der Waals surface area contributed by atoms with Crippen molar-refractivity contribution in [3.05, 3.63) is 0 Å². The summed E-state index contributed by atoms with van der Waals surface area (Å²) >= 11 is -3.69. The standard InChI is InChI=1S/2C6H15OSi.2C2H5O.Ti/c2*1-4-8(7,5-2)6-3;2*1-2-3;/h2*4-6H2,1-3H3;2*2H2,1H3;/q4*-1;+4. The van der Waals surface area contributed by atoms with Gasteiger partial charge in [0.15, 0.2) is 0 Å². The van der Waals surface area contributed by atoms with Crippen molar-refractivity contribution >= 4 is 16.6 Å². The van der Waals surface area contributed by atoms with Crippen LogP contribution in [0, 0.1) is 0 Å². The van der Waals surface area contributed by atoms with E-state index in [1.807, 2.05) is 13.8 Å². The first-order valence-electron chi connectivity index (χ1n) is 9.58. The second-order valence-corrected chi connectivity index (χ2v) is 19.8. The molecule has 0 heterocycles. The molecule has 0 saturated heterocycles. The van der Waals surface area contributed by atoms with Gasteiger partial charge in [0.05, 0.1) is 0 Å². The summed E-state index contributed by atoms with van der Waals surface area (Å²) in [5.41, 5.74) is 0. The molecule has 0 atom stereocenters. The molecular formula is C16H40O4Si2Ti. The zero-order chi connectivity index (χ0) is 18.0. The third-order valence-electron chi connectivity index (χ3n) is 5.19. The van der Waals surface area contributed by atoms with Crippen LogP contribution >= 0.6 is 0 Å². The van der Waals surface area contributed by atoms with Crippen molar-refractivity contribution in [2.75, 3.05) is 13.2 Å². The molecule has 0 aliphatic carbocycles. The second-order valence-electron chi connectivity index (χ2n) is 6.06. The van der Waals surface area contributed by atoms with Crippen LogP contribution < -0.4 is 0 Å². The first-order chi connectivity index (χ1) is 10.9. The Morgan fingerprint density at radius 1 is 0.522 bits per heavy atom. The molecule has 0 saturated carbocycles. The normalized spacial score (nSPS) is 13.6. The molecule has 4 nitrogen and oxygen atoms in total. The molecule has 0 aromatic rings. The van der Waals surface area contributed by atoms with Crippen LogP contribution in [0.2, 0.25) is 36.3 Å². The van der Waals surface area contributed by atoms with E-state index < -0.39 is 34.8 Å². The van der Waals surface area contributed by atoms with Gasteiger partial charge in [0.1, 0.15) is 0 Å². The average molecular weight is 401 g/mol. The van der Waals surface area contributed by atoms with Crippen molar-refractivity contribution in [1.82, 2.24) is 0 Å². The van der Waals surface area contributed by atoms with Gasteiger partial charge in [-0.1, -0.05) is 0 Å². The molecule has 0 unspecified atom stereocenters. The molecule has 0 N–H and O–H groups in total. The van der Waals surface area contributed by atoms with Gasteiger partial charge in [-0.15, -0.1) is 0 Å². The third-order valence-corrected chi connectivity index (χ3v) is 22.7. The van der Waals surface area contributed by atoms with Crippen molar-refractivity contribution in [2.24, 2.45) is 0 Å². The van der Waals surface area contributed by atoms with Crippen molar-refractivity contribution < 1.29 is 30.8 Å². The summed E-state index contributed by atoms with van der Waals surface area (Å²) in [7, 11) is -3.67. The Balaban J connectivity index is 5.70. The van der Waals surface area contributed by atoms with Gasteiger partial charge >= 0.3 is 152 Å². The fraction of sp³-hybridized carbons (Fsp3) is 1.00. The summed E-state index contributed by atoms with van der Waals surface area (Å²) in [6, 6.07) is 6.56. The summed E-state index contributed by atoms with van der Waals surface area (Å²) in [5.74, 6) is 0. The molecule has 0 aliphatic rings. The van der Waals surface area contributed by atoms with Crippen LogP contribution in [0.4, 0.5) is 0 Å². The molecule has 0 bridgehead atoms. The van der Waals surface area contributed by atoms with E-state index in [9.17, 15) is 0 Å². The van der Waals surface area contributed by atoms with Crippen LogP contribution in [0.5, 0.6) is 0 Å². The van der Waals surface area contributed by atoms with E-state index in [2.05, 4.69) is 41.5 Å². The van der Waals surface area contributed by atoms with E-state index in [1.165, 1.54) is 0 Å². The van der Waals surface area contributed by atoms with Gasteiger partial charge in [0, 0.05) is 0 Å². The Labute approximate surface area is 152 Å². The molecule has 0 spiro atoms. The Morgan fingerprint density at radius 2 is 0.783 bits per heavy atom. The van der Waals surface area contributed by atoms with Gasteiger partial charge in [-0.2, -0.15) is 0 Å². The molecule has 0 amide bonds. The predicted octanol–water partition coefficient (Wildman–Crippen LogP) is 5.92. The van der Waals surface area contributed by atoms with E-state index in [-0.39, 0.29) is 0 Å². The summed E-state index contributed by atoms with van der Waals surface area (Å²) < 4.78 is 26.0. The fourth-order valence-electron chi connectivity index (χ4n) is 3.00. The molecule has 0 aliphatic heterocycles. The average Bonchev–Trinajstić information content (AvgIpc) is 2.58. The molecule has 0 aromatic heterocycles. The molecule has 0 aromatic carbocycles. The molecular weight excluding hydrogens is 360 g/mol. The van der Waals surface area contributed by atoms with Crippen LogP contribution in [0.1, 0.15) is 55.4 Å². The quantitative estimate of drug-likeness (QED) is 0.339. The molecule has 0 fully saturated rings. The van der Waals surface area contributed by atoms with E-state index in [0.717, 1.165) is 36.3 Å². The van der Waals surface area contributed by atoms with Crippen LogP contribution in [0.15, 0.2) is 0 Å². The molecule has 7 heteroatoms. The monoisotopic (exact) mass is 400 g/mol. The van der Waals surface area contributed by atoms with Crippen LogP contribution in [-0.2, 0) is 30.8 Å². The molecule has 0 radical (unpaired) electrons. The topological polar surface area (TPSA) is 36.9 Å². The van der Waals surface area contributed by atoms with Crippen molar-refractivity contribution in [3.63, 3.8) is 0 Å². The maximum atomic E-state index is 6.81. The molecule has 140 valence electrons. The first-order valence-corrected chi connectivity index (χ1v) is 17.2. The number of hydrogen-bond donors (Lipinski definition) is 0. The zero-order valence-electron chi connectivity index (χ0n) is 16.8. The SMILES string of the molecule is CC[O][Ti]([O]CC)([O][Si](CC)(CC)CC)[O][Si](CC)(CC)CC. The Morgan fingerprint density at radius 3 is 0.957 bits per heavy atom. The van der Waals surface area contributed by atoms with Gasteiger partial charge in [0.25, 0.3) is 0 Å². The van der Waals surface area contributed by atoms with Gasteiger partial charge < -0.3 is 0 Å². The fourth-order valence-corrected chi connectivity index (χ4v) is 20.3. The van der Waals surface area contributed by atoms with Gasteiger partial charge in [0.2, 0.25) is 0 Å². The van der Waals surface area contributed by atoms with E-state index >= 15 is 0 Å². The maximum absolute atomic E-state index is 6.81. The third kappa shape index (κ3) is 6.66. The van der Waals surface area contributed by atoms with Gasteiger partial charge in [-0.25, -0.2) is 0 Å². The van der Waals surface area contributed by atoms with E-state index in [0.29, 0.717) is 13.2 Å². The molecule has 0 rings (SSSR count). The van der Waals surface area contributed by atoms with Crippen molar-refractivity contribution in [3.8, 4) is 0 Å². The second kappa shape index (κ2) is 11.6. The van der Waals surface area contributed by atoms with Crippen LogP contribution in [-0.4, -0.2) is 29.8 Å². The minimum absolute atomic E-state index is 0.600. The Bertz CT molecular complexity index is 264. The zero-order valence-corrected chi connectivity index (χ0v) is 20.4. The number of rotatable bonds is 14. The van der Waals surface area contributed by atoms with Crippen LogP contribution in [0.3, 0.4) is 0 Å². The van der Waals surface area contributed by atoms with Gasteiger partial charge in [-0.05, 0) is 0 Å².